The largest absolute Gasteiger partial charge is 0.459 e. The van der Waals surface area contributed by atoms with E-state index in [0.29, 0.717) is 23.1 Å². The number of piperidine rings is 1. The molecular weight excluding hydrogens is 318 g/mol. The number of amides is 1. The van der Waals surface area contributed by atoms with Crippen LogP contribution in [0.15, 0.2) is 27.2 Å². The van der Waals surface area contributed by atoms with Crippen LogP contribution in [0.3, 0.4) is 0 Å². The van der Waals surface area contributed by atoms with Crippen molar-refractivity contribution in [3.05, 3.63) is 29.9 Å². The molecule has 1 fully saturated rings. The van der Waals surface area contributed by atoms with Gasteiger partial charge in [-0.3, -0.25) is 4.79 Å². The summed E-state index contributed by atoms with van der Waals surface area (Å²) < 4.78 is 10.9. The summed E-state index contributed by atoms with van der Waals surface area (Å²) in [5.41, 5.74) is 0.655. The molecule has 0 bridgehead atoms. The van der Waals surface area contributed by atoms with Gasteiger partial charge in [-0.25, -0.2) is 4.98 Å². The molecule has 1 saturated heterocycles. The van der Waals surface area contributed by atoms with Gasteiger partial charge in [-0.2, -0.15) is 0 Å². The maximum absolute atomic E-state index is 12.3. The molecule has 0 spiro atoms. The van der Waals surface area contributed by atoms with Gasteiger partial charge in [-0.15, -0.1) is 0 Å². The van der Waals surface area contributed by atoms with Gasteiger partial charge in [-0.05, 0) is 57.8 Å². The Hall–Kier alpha value is -2.08. The molecule has 1 atom stereocenters. The summed E-state index contributed by atoms with van der Waals surface area (Å²) in [7, 11) is 0. The lowest BCUT2D eigenvalue weighted by Gasteiger charge is -2.32. The minimum atomic E-state index is -0.0275. The summed E-state index contributed by atoms with van der Waals surface area (Å²) in [5, 5.41) is 3.07. The zero-order chi connectivity index (χ0) is 17.8. The number of hydrogen-bond donors (Lipinski definition) is 1. The predicted molar refractivity (Wildman–Crippen MR) is 95.1 cm³/mol. The number of nitrogens with zero attached hydrogens (tertiary/aromatic N) is 2. The fraction of sp³-hybridized carbons (Fsp3) is 0.579. The molecule has 1 amide bonds. The van der Waals surface area contributed by atoms with Crippen molar-refractivity contribution in [1.82, 2.24) is 15.2 Å². The van der Waals surface area contributed by atoms with Crippen molar-refractivity contribution in [2.24, 2.45) is 5.92 Å². The first-order valence-corrected chi connectivity index (χ1v) is 9.03. The number of hydrogen-bond acceptors (Lipinski definition) is 5. The highest BCUT2D eigenvalue weighted by Crippen LogP contribution is 2.22. The van der Waals surface area contributed by atoms with E-state index in [4.69, 9.17) is 8.83 Å². The molecule has 136 valence electrons. The average Bonchev–Trinajstić information content (AvgIpc) is 3.20. The van der Waals surface area contributed by atoms with E-state index in [9.17, 15) is 4.79 Å². The van der Waals surface area contributed by atoms with E-state index in [1.807, 2.05) is 6.92 Å². The topological polar surface area (TPSA) is 71.5 Å². The SMILES string of the molecule is Cc1oc(-c2ccco2)nc1CC(=O)NC(C)CN1CCC(C)CC1. The minimum absolute atomic E-state index is 0.0275. The molecule has 0 aliphatic carbocycles. The summed E-state index contributed by atoms with van der Waals surface area (Å²) >= 11 is 0. The molecule has 1 N–H and O–H groups in total. The third-order valence-corrected chi connectivity index (χ3v) is 4.77. The monoisotopic (exact) mass is 345 g/mol. The van der Waals surface area contributed by atoms with Crippen LogP contribution in [-0.4, -0.2) is 41.5 Å². The lowest BCUT2D eigenvalue weighted by Crippen LogP contribution is -2.45. The zero-order valence-electron chi connectivity index (χ0n) is 15.2. The van der Waals surface area contributed by atoms with Crippen LogP contribution in [0.25, 0.3) is 11.7 Å². The van der Waals surface area contributed by atoms with Crippen molar-refractivity contribution in [3.8, 4) is 11.7 Å². The predicted octanol–water partition coefficient (Wildman–Crippen LogP) is 3.02. The van der Waals surface area contributed by atoms with Crippen LogP contribution in [0.5, 0.6) is 0 Å². The highest BCUT2D eigenvalue weighted by molar-refractivity contribution is 5.78. The molecule has 3 heterocycles. The highest BCUT2D eigenvalue weighted by atomic mass is 16.4. The number of carbonyl (C=O) groups excluding carboxylic acids is 1. The van der Waals surface area contributed by atoms with Gasteiger partial charge in [-0.1, -0.05) is 6.92 Å². The molecule has 6 heteroatoms. The van der Waals surface area contributed by atoms with Gasteiger partial charge >= 0.3 is 0 Å². The number of nitrogens with one attached hydrogen (secondary N) is 1. The Morgan fingerprint density at radius 1 is 1.44 bits per heavy atom. The van der Waals surface area contributed by atoms with E-state index in [-0.39, 0.29) is 18.4 Å². The molecule has 0 radical (unpaired) electrons. The van der Waals surface area contributed by atoms with E-state index in [2.05, 4.69) is 29.0 Å². The summed E-state index contributed by atoms with van der Waals surface area (Å²) in [4.78, 5) is 19.2. The maximum Gasteiger partial charge on any atom is 0.263 e. The normalized spacial score (nSPS) is 17.6. The quantitative estimate of drug-likeness (QED) is 0.871. The van der Waals surface area contributed by atoms with Gasteiger partial charge in [0.15, 0.2) is 5.76 Å². The van der Waals surface area contributed by atoms with Crippen molar-refractivity contribution in [2.45, 2.75) is 46.1 Å². The fourth-order valence-corrected chi connectivity index (χ4v) is 3.25. The molecule has 6 nitrogen and oxygen atoms in total. The van der Waals surface area contributed by atoms with E-state index in [1.54, 1.807) is 18.4 Å². The number of oxazole rings is 1. The minimum Gasteiger partial charge on any atom is -0.459 e. The Balaban J connectivity index is 1.50. The second-order valence-corrected chi connectivity index (χ2v) is 7.13. The van der Waals surface area contributed by atoms with E-state index >= 15 is 0 Å². The van der Waals surface area contributed by atoms with Crippen LogP contribution in [0, 0.1) is 12.8 Å². The first-order chi connectivity index (χ1) is 12.0. The van der Waals surface area contributed by atoms with Crippen LogP contribution in [0.2, 0.25) is 0 Å². The van der Waals surface area contributed by atoms with Crippen LogP contribution < -0.4 is 5.32 Å². The second-order valence-electron chi connectivity index (χ2n) is 7.13. The smallest absolute Gasteiger partial charge is 0.263 e. The molecule has 25 heavy (non-hydrogen) atoms. The molecule has 1 aliphatic rings. The number of aryl methyl sites for hydroxylation is 1. The standard InChI is InChI=1S/C19H27N3O3/c1-13-6-8-22(9-7-13)12-14(2)20-18(23)11-16-15(3)25-19(21-16)17-5-4-10-24-17/h4-5,10,13-14H,6-9,11-12H2,1-3H3,(H,20,23). The van der Waals surface area contributed by atoms with Crippen molar-refractivity contribution in [3.63, 3.8) is 0 Å². The van der Waals surface area contributed by atoms with Crippen LogP contribution in [-0.2, 0) is 11.2 Å². The van der Waals surface area contributed by atoms with E-state index < -0.39 is 0 Å². The first-order valence-electron chi connectivity index (χ1n) is 9.03. The van der Waals surface area contributed by atoms with Crippen LogP contribution in [0.4, 0.5) is 0 Å². The second kappa shape index (κ2) is 7.87. The summed E-state index contributed by atoms with van der Waals surface area (Å²) in [6.07, 6.45) is 4.28. The third kappa shape index (κ3) is 4.72. The Bertz CT molecular complexity index is 685. The lowest BCUT2D eigenvalue weighted by atomic mass is 9.99. The van der Waals surface area contributed by atoms with Crippen LogP contribution >= 0.6 is 0 Å². The van der Waals surface area contributed by atoms with Gasteiger partial charge in [0.1, 0.15) is 5.76 Å². The first kappa shape index (κ1) is 17.7. The van der Waals surface area contributed by atoms with Crippen molar-refractivity contribution >= 4 is 5.91 Å². The molecule has 1 aliphatic heterocycles. The van der Waals surface area contributed by atoms with Crippen molar-refractivity contribution < 1.29 is 13.6 Å². The molecule has 0 saturated carbocycles. The Kier molecular flexibility index (Phi) is 5.58. The van der Waals surface area contributed by atoms with Gasteiger partial charge < -0.3 is 19.1 Å². The number of likely N-dealkylation sites (tertiary alicyclic amines) is 1. The number of carbonyl (C=O) groups is 1. The molecule has 3 rings (SSSR count). The van der Waals surface area contributed by atoms with Gasteiger partial charge in [0.25, 0.3) is 5.89 Å². The zero-order valence-corrected chi connectivity index (χ0v) is 15.2. The molecule has 0 aromatic carbocycles. The van der Waals surface area contributed by atoms with E-state index in [1.165, 1.54) is 12.8 Å². The maximum atomic E-state index is 12.3. The summed E-state index contributed by atoms with van der Waals surface area (Å²) in [5.74, 6) is 2.43. The Labute approximate surface area is 148 Å². The van der Waals surface area contributed by atoms with Crippen LogP contribution in [0.1, 0.15) is 38.1 Å². The summed E-state index contributed by atoms with van der Waals surface area (Å²) in [6, 6.07) is 3.69. The van der Waals surface area contributed by atoms with Crippen molar-refractivity contribution in [2.75, 3.05) is 19.6 Å². The van der Waals surface area contributed by atoms with Gasteiger partial charge in [0.2, 0.25) is 5.91 Å². The van der Waals surface area contributed by atoms with Crippen molar-refractivity contribution in [1.29, 1.82) is 0 Å². The van der Waals surface area contributed by atoms with Gasteiger partial charge in [0.05, 0.1) is 18.4 Å². The average molecular weight is 345 g/mol. The number of aromatic nitrogens is 1. The third-order valence-electron chi connectivity index (χ3n) is 4.77. The Morgan fingerprint density at radius 2 is 2.20 bits per heavy atom. The number of furan rings is 1. The molecule has 2 aromatic heterocycles. The number of rotatable bonds is 6. The molecule has 2 aromatic rings. The summed E-state index contributed by atoms with van der Waals surface area (Å²) in [6.45, 7) is 9.32. The fourth-order valence-electron chi connectivity index (χ4n) is 3.25. The van der Waals surface area contributed by atoms with E-state index in [0.717, 1.165) is 25.6 Å². The molecular formula is C19H27N3O3. The molecule has 1 unspecified atom stereocenters. The lowest BCUT2D eigenvalue weighted by molar-refractivity contribution is -0.121. The van der Waals surface area contributed by atoms with Gasteiger partial charge in [0, 0.05) is 12.6 Å². The Morgan fingerprint density at radius 3 is 2.88 bits per heavy atom. The highest BCUT2D eigenvalue weighted by Gasteiger charge is 2.20.